The van der Waals surface area contributed by atoms with E-state index in [9.17, 15) is 4.79 Å². The summed E-state index contributed by atoms with van der Waals surface area (Å²) in [6.45, 7) is 3.84. The molecule has 1 amide bonds. The van der Waals surface area contributed by atoms with Crippen molar-refractivity contribution in [2.75, 3.05) is 13.1 Å². The van der Waals surface area contributed by atoms with Crippen molar-refractivity contribution in [1.82, 2.24) is 16.0 Å². The number of carbonyl (C=O) groups is 1. The summed E-state index contributed by atoms with van der Waals surface area (Å²) in [6, 6.07) is 4.12. The molecule has 122 valence electrons. The molecule has 6 heteroatoms. The maximum atomic E-state index is 11.9. The Hall–Kier alpha value is -1.98. The van der Waals surface area contributed by atoms with Crippen LogP contribution in [0, 0.1) is 0 Å². The third kappa shape index (κ3) is 5.79. The Labute approximate surface area is 131 Å². The minimum atomic E-state index is 0.112. The zero-order chi connectivity index (χ0) is 15.6. The van der Waals surface area contributed by atoms with Gasteiger partial charge in [-0.2, -0.15) is 0 Å². The molecule has 22 heavy (non-hydrogen) atoms. The Morgan fingerprint density at radius 3 is 2.86 bits per heavy atom. The van der Waals surface area contributed by atoms with Crippen molar-refractivity contribution in [3.8, 4) is 0 Å². The van der Waals surface area contributed by atoms with Crippen LogP contribution in [0.25, 0.3) is 0 Å². The predicted molar refractivity (Wildman–Crippen MR) is 86.5 cm³/mol. The lowest BCUT2D eigenvalue weighted by Crippen LogP contribution is -2.40. The van der Waals surface area contributed by atoms with Crippen LogP contribution in [0.4, 0.5) is 0 Å². The van der Waals surface area contributed by atoms with E-state index in [0.29, 0.717) is 31.5 Å². The number of hydrogen-bond acceptors (Lipinski definition) is 3. The van der Waals surface area contributed by atoms with Gasteiger partial charge in [-0.15, -0.1) is 0 Å². The Bertz CT molecular complexity index is 465. The van der Waals surface area contributed by atoms with E-state index in [0.717, 1.165) is 25.1 Å². The van der Waals surface area contributed by atoms with Crippen LogP contribution in [0.1, 0.15) is 44.8 Å². The molecule has 1 aliphatic rings. The van der Waals surface area contributed by atoms with Crippen LogP contribution >= 0.6 is 0 Å². The lowest BCUT2D eigenvalue weighted by Gasteiger charge is -2.13. The van der Waals surface area contributed by atoms with E-state index < -0.39 is 0 Å². The zero-order valence-electron chi connectivity index (χ0n) is 13.2. The number of furan rings is 1. The number of rotatable bonds is 7. The van der Waals surface area contributed by atoms with Crippen LogP contribution in [0.3, 0.4) is 0 Å². The summed E-state index contributed by atoms with van der Waals surface area (Å²) < 4.78 is 5.25. The monoisotopic (exact) mass is 306 g/mol. The van der Waals surface area contributed by atoms with Gasteiger partial charge >= 0.3 is 0 Å². The second-order valence-electron chi connectivity index (χ2n) is 5.50. The zero-order valence-corrected chi connectivity index (χ0v) is 13.2. The molecule has 0 spiro atoms. The summed E-state index contributed by atoms with van der Waals surface area (Å²) >= 11 is 0. The molecule has 1 aromatic heterocycles. The molecule has 1 fully saturated rings. The maximum absolute atomic E-state index is 11.9. The summed E-state index contributed by atoms with van der Waals surface area (Å²) in [5, 5.41) is 9.42. The summed E-state index contributed by atoms with van der Waals surface area (Å²) in [6.07, 6.45) is 6.79. The standard InChI is InChI=1S/C16H26N4O2/c1-2-17-16(19-12-14-8-5-11-22-14)18-10-9-15(21)20-13-6-3-4-7-13/h5,8,11,13H,2-4,6-7,9-10,12H2,1H3,(H,20,21)(H2,17,18,19). The number of guanidine groups is 1. The largest absolute Gasteiger partial charge is 0.467 e. The molecule has 1 heterocycles. The Morgan fingerprint density at radius 2 is 2.18 bits per heavy atom. The van der Waals surface area contributed by atoms with E-state index >= 15 is 0 Å². The van der Waals surface area contributed by atoms with Crippen molar-refractivity contribution in [1.29, 1.82) is 0 Å². The second kappa shape index (κ2) is 9.12. The van der Waals surface area contributed by atoms with E-state index in [1.54, 1.807) is 6.26 Å². The summed E-state index contributed by atoms with van der Waals surface area (Å²) in [4.78, 5) is 16.3. The van der Waals surface area contributed by atoms with E-state index in [-0.39, 0.29) is 5.91 Å². The van der Waals surface area contributed by atoms with E-state index in [2.05, 4.69) is 20.9 Å². The lowest BCUT2D eigenvalue weighted by atomic mass is 10.2. The average molecular weight is 306 g/mol. The number of aliphatic imine (C=N–C) groups is 1. The second-order valence-corrected chi connectivity index (χ2v) is 5.50. The minimum absolute atomic E-state index is 0.112. The van der Waals surface area contributed by atoms with Crippen LogP contribution in [0.5, 0.6) is 0 Å². The number of nitrogens with one attached hydrogen (secondary N) is 3. The molecule has 0 aliphatic heterocycles. The fraction of sp³-hybridized carbons (Fsp3) is 0.625. The summed E-state index contributed by atoms with van der Waals surface area (Å²) in [5.74, 6) is 1.63. The Kier molecular flexibility index (Phi) is 6.80. The molecular weight excluding hydrogens is 280 g/mol. The van der Waals surface area contributed by atoms with Crippen LogP contribution < -0.4 is 16.0 Å². The minimum Gasteiger partial charge on any atom is -0.467 e. The quantitative estimate of drug-likeness (QED) is 0.530. The first-order chi connectivity index (χ1) is 10.8. The molecule has 0 bridgehead atoms. The van der Waals surface area contributed by atoms with E-state index in [1.165, 1.54) is 12.8 Å². The van der Waals surface area contributed by atoms with Gasteiger partial charge in [0.2, 0.25) is 5.91 Å². The van der Waals surface area contributed by atoms with Crippen molar-refractivity contribution in [2.45, 2.75) is 51.6 Å². The van der Waals surface area contributed by atoms with Gasteiger partial charge in [0.25, 0.3) is 0 Å². The molecule has 2 rings (SSSR count). The van der Waals surface area contributed by atoms with Gasteiger partial charge in [0.1, 0.15) is 12.3 Å². The van der Waals surface area contributed by atoms with Crippen molar-refractivity contribution in [2.24, 2.45) is 4.99 Å². The van der Waals surface area contributed by atoms with Gasteiger partial charge in [-0.3, -0.25) is 4.79 Å². The van der Waals surface area contributed by atoms with Gasteiger partial charge in [-0.05, 0) is 31.9 Å². The number of nitrogens with zero attached hydrogens (tertiary/aromatic N) is 1. The molecule has 0 aromatic carbocycles. The third-order valence-electron chi connectivity index (χ3n) is 3.68. The predicted octanol–water partition coefficient (Wildman–Crippen LogP) is 1.78. The van der Waals surface area contributed by atoms with Crippen molar-refractivity contribution in [3.05, 3.63) is 24.2 Å². The smallest absolute Gasteiger partial charge is 0.221 e. The topological polar surface area (TPSA) is 78.7 Å². The SMILES string of the molecule is CCNC(=NCc1ccco1)NCCC(=O)NC1CCCC1. The highest BCUT2D eigenvalue weighted by Gasteiger charge is 2.16. The Morgan fingerprint density at radius 1 is 1.36 bits per heavy atom. The Balaban J connectivity index is 1.69. The fourth-order valence-corrected chi connectivity index (χ4v) is 2.57. The fourth-order valence-electron chi connectivity index (χ4n) is 2.57. The maximum Gasteiger partial charge on any atom is 0.221 e. The van der Waals surface area contributed by atoms with Crippen LogP contribution in [-0.2, 0) is 11.3 Å². The first-order valence-corrected chi connectivity index (χ1v) is 8.12. The van der Waals surface area contributed by atoms with Crippen LogP contribution in [0.2, 0.25) is 0 Å². The molecule has 1 aromatic rings. The van der Waals surface area contributed by atoms with Crippen LogP contribution in [-0.4, -0.2) is 31.0 Å². The molecule has 0 unspecified atom stereocenters. The molecule has 1 aliphatic carbocycles. The molecule has 1 saturated carbocycles. The highest BCUT2D eigenvalue weighted by Crippen LogP contribution is 2.17. The molecule has 3 N–H and O–H groups in total. The van der Waals surface area contributed by atoms with Crippen molar-refractivity contribution < 1.29 is 9.21 Å². The van der Waals surface area contributed by atoms with E-state index in [4.69, 9.17) is 4.42 Å². The van der Waals surface area contributed by atoms with Crippen molar-refractivity contribution >= 4 is 11.9 Å². The van der Waals surface area contributed by atoms with Crippen molar-refractivity contribution in [3.63, 3.8) is 0 Å². The number of carbonyl (C=O) groups excluding carboxylic acids is 1. The van der Waals surface area contributed by atoms with Gasteiger partial charge in [0.15, 0.2) is 5.96 Å². The van der Waals surface area contributed by atoms with Gasteiger partial charge in [0, 0.05) is 25.6 Å². The van der Waals surface area contributed by atoms with Crippen LogP contribution in [0.15, 0.2) is 27.8 Å². The third-order valence-corrected chi connectivity index (χ3v) is 3.68. The molecule has 0 atom stereocenters. The van der Waals surface area contributed by atoms with E-state index in [1.807, 2.05) is 19.1 Å². The van der Waals surface area contributed by atoms with Gasteiger partial charge < -0.3 is 20.4 Å². The first-order valence-electron chi connectivity index (χ1n) is 8.12. The first kappa shape index (κ1) is 16.4. The highest BCUT2D eigenvalue weighted by atomic mass is 16.3. The lowest BCUT2D eigenvalue weighted by molar-refractivity contribution is -0.121. The number of amides is 1. The molecular formula is C16H26N4O2. The van der Waals surface area contributed by atoms with Gasteiger partial charge in [-0.25, -0.2) is 4.99 Å². The normalized spacial score (nSPS) is 15.8. The summed E-state index contributed by atoms with van der Waals surface area (Å²) in [5.41, 5.74) is 0. The molecule has 0 saturated heterocycles. The van der Waals surface area contributed by atoms with Gasteiger partial charge in [0.05, 0.1) is 6.26 Å². The molecule has 6 nitrogen and oxygen atoms in total. The summed E-state index contributed by atoms with van der Waals surface area (Å²) in [7, 11) is 0. The average Bonchev–Trinajstić information content (AvgIpc) is 3.18. The molecule has 0 radical (unpaired) electrons. The number of hydrogen-bond donors (Lipinski definition) is 3. The highest BCUT2D eigenvalue weighted by molar-refractivity contribution is 5.81. The van der Waals surface area contributed by atoms with Gasteiger partial charge in [-0.1, -0.05) is 12.8 Å².